The van der Waals surface area contributed by atoms with E-state index in [-0.39, 0.29) is 28.0 Å². The molecule has 0 aromatic heterocycles. The van der Waals surface area contributed by atoms with Gasteiger partial charge >= 0.3 is 0 Å². The Morgan fingerprint density at radius 3 is 2.23 bits per heavy atom. The number of ether oxygens (including phenoxy) is 1. The maximum atomic E-state index is 13.1. The molecule has 1 saturated heterocycles. The molecular weight excluding hydrogens is 396 g/mol. The van der Waals surface area contributed by atoms with Gasteiger partial charge in [-0.15, -0.1) is 0 Å². The third-order valence-corrected chi connectivity index (χ3v) is 5.85. The first kappa shape index (κ1) is 20.7. The standard InChI is InChI=1S/C21H22O9/c22-6-8-4-10-14(21-20(29)19(28)17(26)13(7-23)30-21)9-2-1-3-11(24)15(9)18(27)16(10)12(25)5-8/h1-5,13-14,17,19-26,28-29H,6-7H2/t13?,14?,17-,19?,20+,21?/m1/s1. The second kappa shape index (κ2) is 7.62. The number of carbonyl (C=O) groups excluding carboxylic acids is 1. The smallest absolute Gasteiger partial charge is 0.201 e. The van der Waals surface area contributed by atoms with Crippen molar-refractivity contribution in [3.63, 3.8) is 0 Å². The molecule has 1 aliphatic carbocycles. The molecule has 1 aliphatic heterocycles. The van der Waals surface area contributed by atoms with Gasteiger partial charge in [-0.1, -0.05) is 18.2 Å². The fraction of sp³-hybridized carbons (Fsp3) is 0.381. The average molecular weight is 418 g/mol. The molecule has 4 rings (SSSR count). The van der Waals surface area contributed by atoms with Gasteiger partial charge in [0.2, 0.25) is 5.78 Å². The number of hydrogen-bond acceptors (Lipinski definition) is 9. The van der Waals surface area contributed by atoms with Crippen LogP contribution in [0.15, 0.2) is 30.3 Å². The van der Waals surface area contributed by atoms with Gasteiger partial charge in [-0.05, 0) is 28.8 Å². The van der Waals surface area contributed by atoms with E-state index >= 15 is 0 Å². The number of aliphatic hydroxyl groups is 5. The molecule has 1 heterocycles. The summed E-state index contributed by atoms with van der Waals surface area (Å²) in [7, 11) is 0. The fourth-order valence-corrected chi connectivity index (χ4v) is 4.41. The minimum Gasteiger partial charge on any atom is -0.507 e. The number of carbonyl (C=O) groups is 1. The van der Waals surface area contributed by atoms with Crippen LogP contribution in [-0.2, 0) is 11.3 Å². The fourth-order valence-electron chi connectivity index (χ4n) is 4.41. The second-order valence-corrected chi connectivity index (χ2v) is 7.58. The van der Waals surface area contributed by atoms with E-state index in [2.05, 4.69) is 0 Å². The summed E-state index contributed by atoms with van der Waals surface area (Å²) in [5.74, 6) is -2.34. The number of phenolic OH excluding ortho intramolecular Hbond substituents is 2. The predicted molar refractivity (Wildman–Crippen MR) is 101 cm³/mol. The van der Waals surface area contributed by atoms with Crippen molar-refractivity contribution in [2.45, 2.75) is 43.0 Å². The van der Waals surface area contributed by atoms with E-state index in [1.165, 1.54) is 24.3 Å². The number of aliphatic hydroxyl groups excluding tert-OH is 5. The van der Waals surface area contributed by atoms with Crippen molar-refractivity contribution in [1.29, 1.82) is 0 Å². The predicted octanol–water partition coefficient (Wildman–Crippen LogP) is -0.891. The molecule has 2 aliphatic rings. The molecule has 2 aromatic carbocycles. The summed E-state index contributed by atoms with van der Waals surface area (Å²) in [5.41, 5.74) is 0.609. The monoisotopic (exact) mass is 418 g/mol. The normalized spacial score (nSPS) is 30.6. The van der Waals surface area contributed by atoms with Gasteiger partial charge in [-0.3, -0.25) is 4.79 Å². The number of benzene rings is 2. The molecule has 4 unspecified atom stereocenters. The van der Waals surface area contributed by atoms with Gasteiger partial charge in [-0.2, -0.15) is 0 Å². The van der Waals surface area contributed by atoms with Crippen LogP contribution in [0.3, 0.4) is 0 Å². The highest BCUT2D eigenvalue weighted by Gasteiger charge is 2.50. The molecule has 160 valence electrons. The van der Waals surface area contributed by atoms with Crippen LogP contribution < -0.4 is 0 Å². The van der Waals surface area contributed by atoms with E-state index in [0.29, 0.717) is 5.56 Å². The molecule has 0 spiro atoms. The van der Waals surface area contributed by atoms with Gasteiger partial charge in [0, 0.05) is 5.92 Å². The van der Waals surface area contributed by atoms with Crippen LogP contribution in [0, 0.1) is 0 Å². The Kier molecular flexibility index (Phi) is 5.27. The number of aromatic hydroxyl groups is 2. The Hall–Kier alpha value is -2.53. The Morgan fingerprint density at radius 1 is 0.867 bits per heavy atom. The average Bonchev–Trinajstić information content (AvgIpc) is 2.73. The minimum absolute atomic E-state index is 0.0843. The lowest BCUT2D eigenvalue weighted by molar-refractivity contribution is -0.232. The van der Waals surface area contributed by atoms with Gasteiger partial charge in [0.05, 0.1) is 30.4 Å². The summed E-state index contributed by atoms with van der Waals surface area (Å²) in [4.78, 5) is 13.1. The van der Waals surface area contributed by atoms with Crippen LogP contribution in [0.5, 0.6) is 11.5 Å². The quantitative estimate of drug-likeness (QED) is 0.334. The maximum absolute atomic E-state index is 13.1. The van der Waals surface area contributed by atoms with Crippen LogP contribution >= 0.6 is 0 Å². The van der Waals surface area contributed by atoms with Crippen molar-refractivity contribution < 1.29 is 45.3 Å². The molecule has 7 N–H and O–H groups in total. The molecule has 6 atom stereocenters. The van der Waals surface area contributed by atoms with Crippen LogP contribution in [0.1, 0.15) is 38.5 Å². The molecule has 9 nitrogen and oxygen atoms in total. The van der Waals surface area contributed by atoms with Crippen molar-refractivity contribution in [2.75, 3.05) is 6.61 Å². The van der Waals surface area contributed by atoms with E-state index in [1.807, 2.05) is 0 Å². The minimum atomic E-state index is -1.64. The van der Waals surface area contributed by atoms with Crippen LogP contribution in [-0.4, -0.2) is 78.7 Å². The topological polar surface area (TPSA) is 168 Å². The molecule has 0 radical (unpaired) electrons. The summed E-state index contributed by atoms with van der Waals surface area (Å²) in [6.07, 6.45) is -7.22. The zero-order valence-electron chi connectivity index (χ0n) is 15.7. The van der Waals surface area contributed by atoms with E-state index in [0.717, 1.165) is 0 Å². The highest BCUT2D eigenvalue weighted by molar-refractivity contribution is 6.16. The van der Waals surface area contributed by atoms with Crippen molar-refractivity contribution in [2.24, 2.45) is 0 Å². The number of phenols is 2. The van der Waals surface area contributed by atoms with E-state index in [1.54, 1.807) is 6.07 Å². The highest BCUT2D eigenvalue weighted by atomic mass is 16.5. The number of hydrogen-bond donors (Lipinski definition) is 7. The second-order valence-electron chi connectivity index (χ2n) is 7.58. The summed E-state index contributed by atoms with van der Waals surface area (Å²) in [6.45, 7) is -1.06. The SMILES string of the molecule is O=C1c2c(O)cccc2C(C2OC(CO)[C@@H](O)C(O)[C@@H]2O)c2cc(CO)cc(O)c21. The highest BCUT2D eigenvalue weighted by Crippen LogP contribution is 2.47. The Bertz CT molecular complexity index is 987. The molecule has 0 amide bonds. The lowest BCUT2D eigenvalue weighted by Crippen LogP contribution is -2.60. The van der Waals surface area contributed by atoms with Gasteiger partial charge in [0.25, 0.3) is 0 Å². The molecule has 0 saturated carbocycles. The number of ketones is 1. The van der Waals surface area contributed by atoms with Gasteiger partial charge in [0.1, 0.15) is 35.9 Å². The molecule has 2 aromatic rings. The zero-order valence-corrected chi connectivity index (χ0v) is 15.7. The molecule has 9 heteroatoms. The first-order chi connectivity index (χ1) is 14.3. The van der Waals surface area contributed by atoms with Gasteiger partial charge in [-0.25, -0.2) is 0 Å². The lowest BCUT2D eigenvalue weighted by atomic mass is 9.71. The van der Waals surface area contributed by atoms with E-state index in [4.69, 9.17) is 4.74 Å². The first-order valence-corrected chi connectivity index (χ1v) is 9.43. The third-order valence-electron chi connectivity index (χ3n) is 5.85. The van der Waals surface area contributed by atoms with Crippen molar-refractivity contribution in [1.82, 2.24) is 0 Å². The Balaban J connectivity index is 1.96. The van der Waals surface area contributed by atoms with E-state index < -0.39 is 61.2 Å². The largest absolute Gasteiger partial charge is 0.507 e. The van der Waals surface area contributed by atoms with Crippen LogP contribution in [0.4, 0.5) is 0 Å². The molecule has 30 heavy (non-hydrogen) atoms. The van der Waals surface area contributed by atoms with Crippen LogP contribution in [0.2, 0.25) is 0 Å². The molecule has 1 fully saturated rings. The lowest BCUT2D eigenvalue weighted by Gasteiger charge is -2.45. The van der Waals surface area contributed by atoms with E-state index in [9.17, 15) is 40.5 Å². The van der Waals surface area contributed by atoms with Crippen molar-refractivity contribution >= 4 is 5.78 Å². The van der Waals surface area contributed by atoms with Crippen molar-refractivity contribution in [3.8, 4) is 11.5 Å². The zero-order chi connectivity index (χ0) is 21.7. The molecular formula is C21H22O9. The van der Waals surface area contributed by atoms with Gasteiger partial charge in [0.15, 0.2) is 0 Å². The first-order valence-electron chi connectivity index (χ1n) is 9.43. The summed E-state index contributed by atoms with van der Waals surface area (Å²) >= 11 is 0. The third kappa shape index (κ3) is 2.99. The molecule has 0 bridgehead atoms. The maximum Gasteiger partial charge on any atom is 0.201 e. The summed E-state index contributed by atoms with van der Waals surface area (Å²) in [6, 6.07) is 7.06. The van der Waals surface area contributed by atoms with Gasteiger partial charge < -0.3 is 40.5 Å². The summed E-state index contributed by atoms with van der Waals surface area (Å²) < 4.78 is 5.73. The number of rotatable bonds is 3. The Morgan fingerprint density at radius 2 is 1.57 bits per heavy atom. The van der Waals surface area contributed by atoms with Crippen LogP contribution in [0.25, 0.3) is 0 Å². The van der Waals surface area contributed by atoms with Crippen molar-refractivity contribution in [3.05, 3.63) is 58.1 Å². The summed E-state index contributed by atoms with van der Waals surface area (Å²) in [5, 5.41) is 71.0. The Labute approximate surface area is 171 Å². The number of fused-ring (bicyclic) bond motifs is 2.